The summed E-state index contributed by atoms with van der Waals surface area (Å²) in [6.07, 6.45) is 0. The van der Waals surface area contributed by atoms with Crippen molar-refractivity contribution in [1.29, 1.82) is 0 Å². The van der Waals surface area contributed by atoms with E-state index in [1.165, 1.54) is 6.07 Å². The Kier molecular flexibility index (Phi) is 8.56. The zero-order chi connectivity index (χ0) is 15.8. The molecule has 0 amide bonds. The summed E-state index contributed by atoms with van der Waals surface area (Å²) >= 11 is 1.65. The van der Waals surface area contributed by atoms with Crippen molar-refractivity contribution in [2.24, 2.45) is 4.99 Å². The third-order valence-corrected chi connectivity index (χ3v) is 3.66. The maximum Gasteiger partial charge on any atom is 0.269 e. The summed E-state index contributed by atoms with van der Waals surface area (Å²) in [5.74, 6) is 0.695. The van der Waals surface area contributed by atoms with Crippen LogP contribution in [0.2, 0.25) is 0 Å². The number of guanidine groups is 1. The van der Waals surface area contributed by atoms with Gasteiger partial charge in [-0.3, -0.25) is 10.1 Å². The van der Waals surface area contributed by atoms with Gasteiger partial charge in [0.05, 0.1) is 11.5 Å². The highest BCUT2D eigenvalue weighted by atomic mass is 127. The first-order chi connectivity index (χ1) is 10.7. The number of hydrogen-bond donors (Lipinski definition) is 2. The maximum atomic E-state index is 10.8. The minimum absolute atomic E-state index is 0. The Labute approximate surface area is 156 Å². The Morgan fingerprint density at radius 3 is 2.78 bits per heavy atom. The van der Waals surface area contributed by atoms with E-state index < -0.39 is 0 Å². The molecule has 1 aromatic carbocycles. The van der Waals surface area contributed by atoms with E-state index in [-0.39, 0.29) is 34.6 Å². The minimum Gasteiger partial charge on any atom is -0.357 e. The highest BCUT2D eigenvalue weighted by Gasteiger charge is 2.06. The van der Waals surface area contributed by atoms with Crippen LogP contribution < -0.4 is 10.6 Å². The fourth-order valence-electron chi connectivity index (χ4n) is 1.86. The number of nitro groups is 1. The smallest absolute Gasteiger partial charge is 0.269 e. The summed E-state index contributed by atoms with van der Waals surface area (Å²) in [6.45, 7) is 3.84. The fraction of sp³-hybridized carbons (Fsp3) is 0.267. The summed E-state index contributed by atoms with van der Waals surface area (Å²) in [7, 11) is 0. The lowest BCUT2D eigenvalue weighted by Gasteiger charge is -2.11. The predicted octanol–water partition coefficient (Wildman–Crippen LogP) is 3.53. The van der Waals surface area contributed by atoms with Crippen molar-refractivity contribution >= 4 is 47.0 Å². The zero-order valence-electron chi connectivity index (χ0n) is 12.7. The molecule has 23 heavy (non-hydrogen) atoms. The van der Waals surface area contributed by atoms with E-state index in [2.05, 4.69) is 21.0 Å². The molecule has 0 unspecified atom stereocenters. The quantitative estimate of drug-likeness (QED) is 0.234. The van der Waals surface area contributed by atoms with Crippen LogP contribution in [0.5, 0.6) is 0 Å². The van der Waals surface area contributed by atoms with Crippen LogP contribution in [-0.4, -0.2) is 17.4 Å². The van der Waals surface area contributed by atoms with Crippen molar-refractivity contribution in [1.82, 2.24) is 10.6 Å². The molecule has 0 bridgehead atoms. The van der Waals surface area contributed by atoms with Crippen LogP contribution in [-0.2, 0) is 13.1 Å². The molecule has 0 aliphatic carbocycles. The molecule has 6 nitrogen and oxygen atoms in total. The van der Waals surface area contributed by atoms with Crippen molar-refractivity contribution in [2.75, 3.05) is 6.54 Å². The lowest BCUT2D eigenvalue weighted by molar-refractivity contribution is -0.384. The number of nitrogens with one attached hydrogen (secondary N) is 2. The van der Waals surface area contributed by atoms with Crippen molar-refractivity contribution in [3.63, 3.8) is 0 Å². The van der Waals surface area contributed by atoms with Gasteiger partial charge in [0.15, 0.2) is 5.96 Å². The van der Waals surface area contributed by atoms with Crippen LogP contribution in [0, 0.1) is 10.1 Å². The van der Waals surface area contributed by atoms with Crippen molar-refractivity contribution < 1.29 is 4.92 Å². The molecule has 8 heteroatoms. The number of hydrogen-bond acceptors (Lipinski definition) is 4. The van der Waals surface area contributed by atoms with Gasteiger partial charge in [-0.2, -0.15) is 11.3 Å². The lowest BCUT2D eigenvalue weighted by atomic mass is 10.2. The SMILES string of the molecule is CCNC(=NCc1ccsc1)NCc1cccc([N+](=O)[O-])c1.I. The topological polar surface area (TPSA) is 79.6 Å². The number of non-ortho nitro benzene ring substituents is 1. The zero-order valence-corrected chi connectivity index (χ0v) is 15.8. The van der Waals surface area contributed by atoms with Gasteiger partial charge in [-0.1, -0.05) is 12.1 Å². The number of aliphatic imine (C=N–C) groups is 1. The molecule has 0 aliphatic rings. The lowest BCUT2D eigenvalue weighted by Crippen LogP contribution is -2.36. The molecule has 0 saturated heterocycles. The minimum atomic E-state index is -0.390. The van der Waals surface area contributed by atoms with Crippen LogP contribution in [0.1, 0.15) is 18.1 Å². The molecule has 0 fully saturated rings. The highest BCUT2D eigenvalue weighted by Crippen LogP contribution is 2.12. The van der Waals surface area contributed by atoms with Crippen LogP contribution in [0.15, 0.2) is 46.1 Å². The van der Waals surface area contributed by atoms with Gasteiger partial charge in [0.2, 0.25) is 0 Å². The van der Waals surface area contributed by atoms with E-state index in [1.54, 1.807) is 23.5 Å². The van der Waals surface area contributed by atoms with Crippen LogP contribution >= 0.6 is 35.3 Å². The van der Waals surface area contributed by atoms with Gasteiger partial charge in [-0.05, 0) is 34.9 Å². The number of thiophene rings is 1. The van der Waals surface area contributed by atoms with E-state index in [4.69, 9.17) is 0 Å². The summed E-state index contributed by atoms with van der Waals surface area (Å²) in [6, 6.07) is 8.63. The normalized spacial score (nSPS) is 10.7. The Morgan fingerprint density at radius 2 is 2.13 bits per heavy atom. The number of rotatable bonds is 6. The summed E-state index contributed by atoms with van der Waals surface area (Å²) in [5.41, 5.74) is 2.10. The second-order valence-corrected chi connectivity index (χ2v) is 5.39. The summed E-state index contributed by atoms with van der Waals surface area (Å²) in [4.78, 5) is 14.9. The van der Waals surface area contributed by atoms with Gasteiger partial charge in [0.25, 0.3) is 5.69 Å². The Hall–Kier alpha value is -1.68. The monoisotopic (exact) mass is 446 g/mol. The molecule has 0 aliphatic heterocycles. The van der Waals surface area contributed by atoms with Crippen LogP contribution in [0.4, 0.5) is 5.69 Å². The molecule has 124 valence electrons. The van der Waals surface area contributed by atoms with Gasteiger partial charge in [0.1, 0.15) is 0 Å². The van der Waals surface area contributed by atoms with Gasteiger partial charge in [0, 0.05) is 25.2 Å². The molecule has 0 atom stereocenters. The van der Waals surface area contributed by atoms with E-state index in [1.807, 2.05) is 24.4 Å². The average Bonchev–Trinajstić information content (AvgIpc) is 3.03. The highest BCUT2D eigenvalue weighted by molar-refractivity contribution is 14.0. The Balaban J connectivity index is 0.00000264. The number of benzene rings is 1. The van der Waals surface area contributed by atoms with Crippen molar-refractivity contribution in [3.8, 4) is 0 Å². The molecule has 1 aromatic heterocycles. The number of nitrogens with zero attached hydrogens (tertiary/aromatic N) is 2. The van der Waals surface area contributed by atoms with Gasteiger partial charge >= 0.3 is 0 Å². The standard InChI is InChI=1S/C15H18N4O2S.HI/c1-2-16-15(18-10-13-6-7-22-11-13)17-9-12-4-3-5-14(8-12)19(20)21;/h3-8,11H,2,9-10H2,1H3,(H2,16,17,18);1H. The molecule has 2 N–H and O–H groups in total. The first-order valence-corrected chi connectivity index (χ1v) is 7.90. The second kappa shape index (κ2) is 10.2. The Morgan fingerprint density at radius 1 is 1.30 bits per heavy atom. The fourth-order valence-corrected chi connectivity index (χ4v) is 2.52. The number of halogens is 1. The van der Waals surface area contributed by atoms with Gasteiger partial charge < -0.3 is 10.6 Å². The molecule has 0 radical (unpaired) electrons. The van der Waals surface area contributed by atoms with Crippen LogP contribution in [0.25, 0.3) is 0 Å². The molecule has 0 spiro atoms. The molecule has 1 heterocycles. The molecule has 0 saturated carbocycles. The van der Waals surface area contributed by atoms with E-state index >= 15 is 0 Å². The van der Waals surface area contributed by atoms with Gasteiger partial charge in [-0.15, -0.1) is 24.0 Å². The van der Waals surface area contributed by atoms with Gasteiger partial charge in [-0.25, -0.2) is 4.99 Å². The van der Waals surface area contributed by atoms with E-state index in [0.717, 1.165) is 17.7 Å². The molecular weight excluding hydrogens is 427 g/mol. The third-order valence-electron chi connectivity index (χ3n) is 2.93. The van der Waals surface area contributed by atoms with Crippen molar-refractivity contribution in [3.05, 3.63) is 62.3 Å². The first kappa shape index (κ1) is 19.4. The molecule has 2 rings (SSSR count). The predicted molar refractivity (Wildman–Crippen MR) is 104 cm³/mol. The average molecular weight is 446 g/mol. The largest absolute Gasteiger partial charge is 0.357 e. The van der Waals surface area contributed by atoms with Crippen LogP contribution in [0.3, 0.4) is 0 Å². The Bertz CT molecular complexity index is 647. The third kappa shape index (κ3) is 6.53. The van der Waals surface area contributed by atoms with E-state index in [9.17, 15) is 10.1 Å². The number of nitro benzene ring substituents is 1. The molecular formula is C15H19IN4O2S. The summed E-state index contributed by atoms with van der Waals surface area (Å²) < 4.78 is 0. The first-order valence-electron chi connectivity index (χ1n) is 6.95. The summed E-state index contributed by atoms with van der Waals surface area (Å²) in [5, 5.41) is 21.2. The molecule has 2 aromatic rings. The van der Waals surface area contributed by atoms with Crippen molar-refractivity contribution in [2.45, 2.75) is 20.0 Å². The van der Waals surface area contributed by atoms with E-state index in [0.29, 0.717) is 19.0 Å². The second-order valence-electron chi connectivity index (χ2n) is 4.61. The maximum absolute atomic E-state index is 10.8.